The van der Waals surface area contributed by atoms with Gasteiger partial charge in [0.05, 0.1) is 11.6 Å². The SMILES string of the molecule is N#CCC(=O)N1CCC(CNC(=O)c2ccccc2I)CC1. The van der Waals surface area contributed by atoms with Gasteiger partial charge in [0.15, 0.2) is 0 Å². The number of hydrogen-bond acceptors (Lipinski definition) is 3. The molecule has 0 bridgehead atoms. The predicted octanol–water partition coefficient (Wildman–Crippen LogP) is 2.17. The van der Waals surface area contributed by atoms with Crippen LogP contribution in [-0.4, -0.2) is 36.3 Å². The zero-order valence-corrected chi connectivity index (χ0v) is 14.4. The summed E-state index contributed by atoms with van der Waals surface area (Å²) in [5.74, 6) is 0.244. The maximum Gasteiger partial charge on any atom is 0.252 e. The van der Waals surface area contributed by atoms with Crippen LogP contribution in [0.25, 0.3) is 0 Å². The van der Waals surface area contributed by atoms with E-state index in [-0.39, 0.29) is 18.2 Å². The van der Waals surface area contributed by atoms with Crippen LogP contribution in [0.2, 0.25) is 0 Å². The number of nitrogens with zero attached hydrogens (tertiary/aromatic N) is 2. The minimum Gasteiger partial charge on any atom is -0.352 e. The average molecular weight is 411 g/mol. The molecular formula is C16H18IN3O2. The van der Waals surface area contributed by atoms with E-state index in [1.165, 1.54) is 0 Å². The molecule has 1 aromatic carbocycles. The molecule has 0 unspecified atom stereocenters. The maximum atomic E-state index is 12.1. The van der Waals surface area contributed by atoms with Gasteiger partial charge >= 0.3 is 0 Å². The van der Waals surface area contributed by atoms with Crippen LogP contribution in [0.1, 0.15) is 29.6 Å². The summed E-state index contributed by atoms with van der Waals surface area (Å²) in [5, 5.41) is 11.5. The molecule has 0 aliphatic carbocycles. The highest BCUT2D eigenvalue weighted by atomic mass is 127. The Bertz CT molecular complexity index is 589. The summed E-state index contributed by atoms with van der Waals surface area (Å²) in [6.07, 6.45) is 1.68. The molecule has 1 N–H and O–H groups in total. The summed E-state index contributed by atoms with van der Waals surface area (Å²) >= 11 is 2.16. The standard InChI is InChI=1S/C16H18IN3O2/c17-14-4-2-1-3-13(14)16(22)19-11-12-6-9-20(10-7-12)15(21)5-8-18/h1-4,12H,5-7,9-11H2,(H,19,22). The third-order valence-corrected chi connectivity index (χ3v) is 4.81. The molecule has 0 atom stereocenters. The van der Waals surface area contributed by atoms with Crippen LogP contribution >= 0.6 is 22.6 Å². The fourth-order valence-electron chi connectivity index (χ4n) is 2.54. The van der Waals surface area contributed by atoms with E-state index in [0.29, 0.717) is 31.1 Å². The minimum absolute atomic E-state index is 0.0478. The second-order valence-corrected chi connectivity index (χ2v) is 6.51. The summed E-state index contributed by atoms with van der Waals surface area (Å²) in [6.45, 7) is 1.97. The van der Waals surface area contributed by atoms with E-state index in [9.17, 15) is 9.59 Å². The molecule has 2 rings (SSSR count). The number of carbonyl (C=O) groups excluding carboxylic acids is 2. The lowest BCUT2D eigenvalue weighted by atomic mass is 9.96. The number of nitriles is 1. The Kier molecular flexibility index (Phi) is 6.19. The molecule has 0 spiro atoms. The van der Waals surface area contributed by atoms with Crippen molar-refractivity contribution in [2.24, 2.45) is 5.92 Å². The first-order chi connectivity index (χ1) is 10.6. The molecule has 0 saturated carbocycles. The highest BCUT2D eigenvalue weighted by molar-refractivity contribution is 14.1. The fourth-order valence-corrected chi connectivity index (χ4v) is 3.18. The third-order valence-electron chi connectivity index (χ3n) is 3.87. The molecule has 1 aromatic rings. The molecule has 5 nitrogen and oxygen atoms in total. The molecule has 0 radical (unpaired) electrons. The topological polar surface area (TPSA) is 73.2 Å². The van der Waals surface area contributed by atoms with Crippen molar-refractivity contribution in [3.63, 3.8) is 0 Å². The minimum atomic E-state index is -0.0937. The number of amides is 2. The van der Waals surface area contributed by atoms with Crippen molar-refractivity contribution in [3.8, 4) is 6.07 Å². The Hall–Kier alpha value is -1.62. The summed E-state index contributed by atoms with van der Waals surface area (Å²) < 4.78 is 0.939. The lowest BCUT2D eigenvalue weighted by Gasteiger charge is -2.31. The van der Waals surface area contributed by atoms with Gasteiger partial charge in [0, 0.05) is 23.2 Å². The van der Waals surface area contributed by atoms with Crippen LogP contribution < -0.4 is 5.32 Å². The number of benzene rings is 1. The van der Waals surface area contributed by atoms with Crippen molar-refractivity contribution in [1.29, 1.82) is 5.26 Å². The molecule has 0 aromatic heterocycles. The lowest BCUT2D eigenvalue weighted by Crippen LogP contribution is -2.41. The van der Waals surface area contributed by atoms with Gasteiger partial charge in [0.25, 0.3) is 5.91 Å². The smallest absolute Gasteiger partial charge is 0.252 e. The Morgan fingerprint density at radius 3 is 2.64 bits per heavy atom. The number of halogens is 1. The molecule has 6 heteroatoms. The van der Waals surface area contributed by atoms with Gasteiger partial charge in [0.2, 0.25) is 5.91 Å². The van der Waals surface area contributed by atoms with Gasteiger partial charge in [-0.05, 0) is 53.5 Å². The van der Waals surface area contributed by atoms with E-state index >= 15 is 0 Å². The van der Waals surface area contributed by atoms with E-state index in [2.05, 4.69) is 27.9 Å². The molecule has 2 amide bonds. The van der Waals surface area contributed by atoms with Crippen LogP contribution in [0.5, 0.6) is 0 Å². The van der Waals surface area contributed by atoms with Gasteiger partial charge in [-0.2, -0.15) is 5.26 Å². The molecule has 1 heterocycles. The zero-order chi connectivity index (χ0) is 15.9. The highest BCUT2D eigenvalue weighted by Crippen LogP contribution is 2.17. The Morgan fingerprint density at radius 2 is 2.00 bits per heavy atom. The normalized spacial score (nSPS) is 15.2. The average Bonchev–Trinajstić information content (AvgIpc) is 2.54. The molecular weight excluding hydrogens is 393 g/mol. The van der Waals surface area contributed by atoms with Gasteiger partial charge in [-0.3, -0.25) is 9.59 Å². The molecule has 1 aliphatic heterocycles. The number of hydrogen-bond donors (Lipinski definition) is 1. The van der Waals surface area contributed by atoms with E-state index in [0.717, 1.165) is 16.4 Å². The van der Waals surface area contributed by atoms with Crippen molar-refractivity contribution in [1.82, 2.24) is 10.2 Å². The van der Waals surface area contributed by atoms with Gasteiger partial charge in [-0.25, -0.2) is 0 Å². The number of rotatable bonds is 4. The van der Waals surface area contributed by atoms with Crippen molar-refractivity contribution in [3.05, 3.63) is 33.4 Å². The van der Waals surface area contributed by atoms with Gasteiger partial charge in [-0.1, -0.05) is 12.1 Å². The Labute approximate surface area is 143 Å². The largest absolute Gasteiger partial charge is 0.352 e. The first kappa shape index (κ1) is 16.7. The van der Waals surface area contributed by atoms with Crippen LogP contribution in [0.4, 0.5) is 0 Å². The van der Waals surface area contributed by atoms with E-state index < -0.39 is 0 Å². The van der Waals surface area contributed by atoms with Crippen LogP contribution in [0, 0.1) is 20.8 Å². The number of piperidine rings is 1. The summed E-state index contributed by atoms with van der Waals surface area (Å²) in [7, 11) is 0. The van der Waals surface area contributed by atoms with E-state index in [4.69, 9.17) is 5.26 Å². The molecule has 1 fully saturated rings. The lowest BCUT2D eigenvalue weighted by molar-refractivity contribution is -0.131. The van der Waals surface area contributed by atoms with Crippen LogP contribution in [0.3, 0.4) is 0 Å². The quantitative estimate of drug-likeness (QED) is 0.773. The fraction of sp³-hybridized carbons (Fsp3) is 0.438. The first-order valence-electron chi connectivity index (χ1n) is 7.29. The van der Waals surface area contributed by atoms with Crippen molar-refractivity contribution < 1.29 is 9.59 Å². The van der Waals surface area contributed by atoms with Gasteiger partial charge in [-0.15, -0.1) is 0 Å². The van der Waals surface area contributed by atoms with Gasteiger partial charge < -0.3 is 10.2 Å². The second-order valence-electron chi connectivity index (χ2n) is 5.35. The van der Waals surface area contributed by atoms with E-state index in [1.54, 1.807) is 4.90 Å². The van der Waals surface area contributed by atoms with Crippen LogP contribution in [0.15, 0.2) is 24.3 Å². The van der Waals surface area contributed by atoms with Gasteiger partial charge in [0.1, 0.15) is 6.42 Å². The maximum absolute atomic E-state index is 12.1. The Morgan fingerprint density at radius 1 is 1.32 bits per heavy atom. The monoisotopic (exact) mass is 411 g/mol. The first-order valence-corrected chi connectivity index (χ1v) is 8.37. The van der Waals surface area contributed by atoms with Crippen molar-refractivity contribution >= 4 is 34.4 Å². The number of likely N-dealkylation sites (tertiary alicyclic amines) is 1. The molecule has 22 heavy (non-hydrogen) atoms. The summed E-state index contributed by atoms with van der Waals surface area (Å²) in [5.41, 5.74) is 0.699. The molecule has 1 saturated heterocycles. The molecule has 1 aliphatic rings. The number of carbonyl (C=O) groups is 2. The van der Waals surface area contributed by atoms with E-state index in [1.807, 2.05) is 30.3 Å². The summed E-state index contributed by atoms with van der Waals surface area (Å²) in [6, 6.07) is 9.39. The van der Waals surface area contributed by atoms with Crippen LogP contribution in [-0.2, 0) is 4.79 Å². The second kappa shape index (κ2) is 8.13. The highest BCUT2D eigenvalue weighted by Gasteiger charge is 2.23. The van der Waals surface area contributed by atoms with Crippen molar-refractivity contribution in [2.75, 3.05) is 19.6 Å². The molecule has 116 valence electrons. The number of nitrogens with one attached hydrogen (secondary N) is 1. The predicted molar refractivity (Wildman–Crippen MR) is 91.0 cm³/mol. The zero-order valence-electron chi connectivity index (χ0n) is 12.2. The summed E-state index contributed by atoms with van der Waals surface area (Å²) in [4.78, 5) is 25.5. The third kappa shape index (κ3) is 4.44. The van der Waals surface area contributed by atoms with Crippen molar-refractivity contribution in [2.45, 2.75) is 19.3 Å². The Balaban J connectivity index is 1.78.